The monoisotopic (exact) mass is 344 g/mol. The van der Waals surface area contributed by atoms with Crippen molar-refractivity contribution >= 4 is 11.8 Å². The predicted octanol–water partition coefficient (Wildman–Crippen LogP) is 2.70. The largest absolute Gasteiger partial charge is 0.573 e. The molecular formula is C14H11F3N2O3S. The molecule has 0 bridgehead atoms. The molecule has 1 aliphatic rings. The summed E-state index contributed by atoms with van der Waals surface area (Å²) in [4.78, 5) is 15.5. The van der Waals surface area contributed by atoms with Crippen molar-refractivity contribution in [1.29, 1.82) is 0 Å². The van der Waals surface area contributed by atoms with E-state index in [2.05, 4.69) is 9.72 Å². The lowest BCUT2D eigenvalue weighted by atomic mass is 10.3. The van der Waals surface area contributed by atoms with Crippen molar-refractivity contribution in [2.75, 3.05) is 5.75 Å². The summed E-state index contributed by atoms with van der Waals surface area (Å²) >= 11 is 1.34. The van der Waals surface area contributed by atoms with Crippen LogP contribution in [0.3, 0.4) is 0 Å². The summed E-state index contributed by atoms with van der Waals surface area (Å²) in [6.45, 7) is 0.536. The lowest BCUT2D eigenvalue weighted by Gasteiger charge is -2.11. The number of thioether (sulfide) groups is 1. The summed E-state index contributed by atoms with van der Waals surface area (Å²) in [7, 11) is 0. The molecule has 0 N–H and O–H groups in total. The molecule has 3 rings (SSSR count). The highest BCUT2D eigenvalue weighted by Gasteiger charge is 2.31. The average Bonchev–Trinajstić information content (AvgIpc) is 2.85. The Bertz CT molecular complexity index is 763. The van der Waals surface area contributed by atoms with Crippen molar-refractivity contribution < 1.29 is 22.6 Å². The summed E-state index contributed by atoms with van der Waals surface area (Å²) < 4.78 is 47.8. The Labute approximate surface area is 133 Å². The Morgan fingerprint density at radius 3 is 3.00 bits per heavy atom. The fourth-order valence-electron chi connectivity index (χ4n) is 2.09. The lowest BCUT2D eigenvalue weighted by Crippen LogP contribution is -2.17. The van der Waals surface area contributed by atoms with E-state index in [-0.39, 0.29) is 23.4 Å². The number of hydrogen-bond donors (Lipinski definition) is 0. The van der Waals surface area contributed by atoms with E-state index in [1.807, 2.05) is 0 Å². The van der Waals surface area contributed by atoms with Crippen LogP contribution in [0.4, 0.5) is 13.2 Å². The standard InChI is InChI=1S/C14H11F3N2O3S/c15-14(16,17)22-9-2-1-3-11(6-9)23-8-10-7-19-5-4-12(20)18-13(19)21-10/h1-6,10H,7-8H2. The Hall–Kier alpha value is -2.16. The predicted molar refractivity (Wildman–Crippen MR) is 76.8 cm³/mol. The Balaban J connectivity index is 1.59. The number of fused-ring (bicyclic) bond motifs is 1. The molecule has 0 saturated heterocycles. The van der Waals surface area contributed by atoms with Crippen LogP contribution in [0.15, 0.2) is 46.2 Å². The van der Waals surface area contributed by atoms with E-state index in [0.717, 1.165) is 0 Å². The molecule has 0 saturated carbocycles. The molecule has 1 aliphatic heterocycles. The van der Waals surface area contributed by atoms with Crippen LogP contribution in [0.5, 0.6) is 11.8 Å². The van der Waals surface area contributed by atoms with Crippen LogP contribution in [0.1, 0.15) is 0 Å². The molecule has 0 radical (unpaired) electrons. The molecule has 122 valence electrons. The van der Waals surface area contributed by atoms with Gasteiger partial charge in [0.2, 0.25) is 0 Å². The topological polar surface area (TPSA) is 53.4 Å². The Morgan fingerprint density at radius 1 is 1.39 bits per heavy atom. The molecule has 5 nitrogen and oxygen atoms in total. The maximum Gasteiger partial charge on any atom is 0.573 e. The minimum absolute atomic E-state index is 0.207. The van der Waals surface area contributed by atoms with Gasteiger partial charge in [-0.25, -0.2) is 0 Å². The van der Waals surface area contributed by atoms with E-state index in [0.29, 0.717) is 17.2 Å². The number of alkyl halides is 3. The van der Waals surface area contributed by atoms with E-state index in [9.17, 15) is 18.0 Å². The van der Waals surface area contributed by atoms with Crippen molar-refractivity contribution in [3.63, 3.8) is 0 Å². The van der Waals surface area contributed by atoms with Gasteiger partial charge in [0.15, 0.2) is 0 Å². The van der Waals surface area contributed by atoms with Crippen LogP contribution in [0, 0.1) is 0 Å². The van der Waals surface area contributed by atoms with Gasteiger partial charge in [-0.05, 0) is 18.2 Å². The first-order chi connectivity index (χ1) is 10.9. The van der Waals surface area contributed by atoms with Gasteiger partial charge in [0.05, 0.1) is 6.54 Å². The van der Waals surface area contributed by atoms with Crippen LogP contribution in [-0.4, -0.2) is 27.8 Å². The van der Waals surface area contributed by atoms with Gasteiger partial charge in [-0.2, -0.15) is 4.98 Å². The SMILES string of the molecule is O=c1ccn2c(n1)OC(CSc1cccc(OC(F)(F)F)c1)C2. The number of rotatable bonds is 4. The van der Waals surface area contributed by atoms with Crippen molar-refractivity contribution in [3.8, 4) is 11.8 Å². The van der Waals surface area contributed by atoms with Crippen molar-refractivity contribution in [1.82, 2.24) is 9.55 Å². The van der Waals surface area contributed by atoms with E-state index in [4.69, 9.17) is 4.74 Å². The minimum Gasteiger partial charge on any atom is -0.458 e. The molecule has 1 unspecified atom stereocenters. The van der Waals surface area contributed by atoms with Gasteiger partial charge >= 0.3 is 6.36 Å². The minimum atomic E-state index is -4.71. The van der Waals surface area contributed by atoms with Gasteiger partial charge in [-0.15, -0.1) is 24.9 Å². The van der Waals surface area contributed by atoms with E-state index in [1.165, 1.54) is 36.0 Å². The van der Waals surface area contributed by atoms with Gasteiger partial charge in [0.25, 0.3) is 11.6 Å². The first-order valence-corrected chi connectivity index (χ1v) is 7.60. The number of halogens is 3. The van der Waals surface area contributed by atoms with Crippen molar-refractivity contribution in [2.45, 2.75) is 23.9 Å². The van der Waals surface area contributed by atoms with Gasteiger partial charge < -0.3 is 9.47 Å². The molecule has 2 heterocycles. The molecule has 9 heteroatoms. The molecule has 23 heavy (non-hydrogen) atoms. The molecule has 2 aromatic rings. The molecule has 0 spiro atoms. The summed E-state index contributed by atoms with van der Waals surface area (Å²) in [5.41, 5.74) is -0.374. The van der Waals surface area contributed by atoms with E-state index < -0.39 is 6.36 Å². The Kier molecular flexibility index (Phi) is 4.20. The third-order valence-corrected chi connectivity index (χ3v) is 4.12. The molecule has 1 atom stereocenters. The van der Waals surface area contributed by atoms with Crippen LogP contribution < -0.4 is 15.0 Å². The number of benzene rings is 1. The second kappa shape index (κ2) is 6.15. The maximum absolute atomic E-state index is 12.2. The second-order valence-corrected chi connectivity index (χ2v) is 5.87. The summed E-state index contributed by atoms with van der Waals surface area (Å²) in [5.74, 6) is 0.248. The first kappa shape index (κ1) is 15.7. The van der Waals surface area contributed by atoms with Gasteiger partial charge in [-0.3, -0.25) is 9.36 Å². The highest BCUT2D eigenvalue weighted by Crippen LogP contribution is 2.29. The lowest BCUT2D eigenvalue weighted by molar-refractivity contribution is -0.274. The van der Waals surface area contributed by atoms with Crippen molar-refractivity contribution in [3.05, 3.63) is 46.9 Å². The van der Waals surface area contributed by atoms with Gasteiger partial charge in [-0.1, -0.05) is 6.07 Å². The summed E-state index contributed by atoms with van der Waals surface area (Å²) in [6, 6.07) is 7.36. The fourth-order valence-corrected chi connectivity index (χ4v) is 3.02. The smallest absolute Gasteiger partial charge is 0.458 e. The van der Waals surface area contributed by atoms with Crippen LogP contribution in [-0.2, 0) is 6.54 Å². The van der Waals surface area contributed by atoms with Gasteiger partial charge in [0, 0.05) is 22.9 Å². The quantitative estimate of drug-likeness (QED) is 0.799. The molecule has 0 amide bonds. The van der Waals surface area contributed by atoms with E-state index in [1.54, 1.807) is 16.8 Å². The van der Waals surface area contributed by atoms with Gasteiger partial charge in [0.1, 0.15) is 11.9 Å². The molecule has 1 aromatic carbocycles. The summed E-state index contributed by atoms with van der Waals surface area (Å²) in [6.07, 6.45) is -3.31. The highest BCUT2D eigenvalue weighted by atomic mass is 32.2. The number of hydrogen-bond acceptors (Lipinski definition) is 5. The fraction of sp³-hybridized carbons (Fsp3) is 0.286. The first-order valence-electron chi connectivity index (χ1n) is 6.62. The Morgan fingerprint density at radius 2 is 2.22 bits per heavy atom. The van der Waals surface area contributed by atoms with Crippen LogP contribution in [0.2, 0.25) is 0 Å². The summed E-state index contributed by atoms with van der Waals surface area (Å²) in [5, 5.41) is 0. The highest BCUT2D eigenvalue weighted by molar-refractivity contribution is 7.99. The average molecular weight is 344 g/mol. The third-order valence-electron chi connectivity index (χ3n) is 3.00. The van der Waals surface area contributed by atoms with Crippen molar-refractivity contribution in [2.24, 2.45) is 0 Å². The molecule has 0 fully saturated rings. The number of ether oxygens (including phenoxy) is 2. The molecule has 0 aliphatic carbocycles. The zero-order chi connectivity index (χ0) is 16.4. The normalized spacial score (nSPS) is 16.7. The zero-order valence-corrected chi connectivity index (χ0v) is 12.4. The molecular weight excluding hydrogens is 333 g/mol. The van der Waals surface area contributed by atoms with E-state index >= 15 is 0 Å². The van der Waals surface area contributed by atoms with Crippen LogP contribution >= 0.6 is 11.8 Å². The van der Waals surface area contributed by atoms with Crippen LogP contribution in [0.25, 0.3) is 0 Å². The molecule has 1 aromatic heterocycles. The number of nitrogens with zero attached hydrogens (tertiary/aromatic N) is 2. The third kappa shape index (κ3) is 4.19. The second-order valence-electron chi connectivity index (χ2n) is 4.77. The maximum atomic E-state index is 12.2. The zero-order valence-electron chi connectivity index (χ0n) is 11.6. The number of aromatic nitrogens is 2.